The Morgan fingerprint density at radius 1 is 1.33 bits per heavy atom. The average Bonchev–Trinajstić information content (AvgIpc) is 2.79. The molecule has 2 aromatic heterocycles. The molecule has 8 heteroatoms. The van der Waals surface area contributed by atoms with Gasteiger partial charge in [0.2, 0.25) is 5.16 Å². The minimum Gasteiger partial charge on any atom is -0.336 e. The lowest BCUT2D eigenvalue weighted by Gasteiger charge is -2.10. The number of hydrogen-bond acceptors (Lipinski definition) is 6. The lowest BCUT2D eigenvalue weighted by atomic mass is 10.2. The van der Waals surface area contributed by atoms with Gasteiger partial charge in [0.1, 0.15) is 11.6 Å². The summed E-state index contributed by atoms with van der Waals surface area (Å²) in [5.74, 6) is 7.04. The first-order valence-corrected chi connectivity index (χ1v) is 7.27. The summed E-state index contributed by atoms with van der Waals surface area (Å²) in [4.78, 5) is 19.4. The van der Waals surface area contributed by atoms with E-state index >= 15 is 0 Å². The second-order valence-electron chi connectivity index (χ2n) is 4.63. The molecule has 0 bridgehead atoms. The molecule has 3 rings (SSSR count). The molecule has 1 atom stereocenters. The van der Waals surface area contributed by atoms with Crippen LogP contribution in [0, 0.1) is 6.92 Å². The Bertz CT molecular complexity index is 855. The van der Waals surface area contributed by atoms with Crippen LogP contribution >= 0.6 is 11.8 Å². The van der Waals surface area contributed by atoms with Gasteiger partial charge in [-0.1, -0.05) is 23.9 Å². The Morgan fingerprint density at radius 2 is 2.10 bits per heavy atom. The summed E-state index contributed by atoms with van der Waals surface area (Å²) < 4.78 is 1.42. The van der Waals surface area contributed by atoms with Crippen molar-refractivity contribution in [3.05, 3.63) is 46.3 Å². The van der Waals surface area contributed by atoms with Crippen molar-refractivity contribution in [1.29, 1.82) is 0 Å². The number of aromatic amines is 1. The summed E-state index contributed by atoms with van der Waals surface area (Å²) in [5, 5.41) is 8.96. The molecule has 7 nitrogen and oxygen atoms in total. The molecule has 0 radical (unpaired) electrons. The summed E-state index contributed by atoms with van der Waals surface area (Å²) >= 11 is 1.39. The smallest absolute Gasteiger partial charge is 0.258 e. The quantitative estimate of drug-likeness (QED) is 0.560. The molecule has 0 spiro atoms. The molecule has 0 amide bonds. The summed E-state index contributed by atoms with van der Waals surface area (Å²) in [7, 11) is 0. The predicted molar refractivity (Wildman–Crippen MR) is 81.5 cm³/mol. The number of benzene rings is 1. The standard InChI is InChI=1S/C13H14N6OS/c1-7(21-13-18-17-8(2)19(13)14)11-15-10-6-4-3-5-9(10)12(20)16-11/h3-7H,14H2,1-2H3,(H,15,16,20)/t7-/m0/s1. The van der Waals surface area contributed by atoms with Gasteiger partial charge in [-0.05, 0) is 26.0 Å². The van der Waals surface area contributed by atoms with Crippen LogP contribution in [-0.4, -0.2) is 24.8 Å². The highest BCUT2D eigenvalue weighted by Crippen LogP contribution is 2.31. The molecule has 0 aliphatic carbocycles. The first-order valence-electron chi connectivity index (χ1n) is 6.39. The van der Waals surface area contributed by atoms with Crippen molar-refractivity contribution in [2.75, 3.05) is 5.84 Å². The molecule has 1 aromatic carbocycles. The minimum atomic E-state index is -0.145. The van der Waals surface area contributed by atoms with Crippen LogP contribution in [0.2, 0.25) is 0 Å². The second-order valence-corrected chi connectivity index (χ2v) is 5.94. The van der Waals surface area contributed by atoms with Crippen molar-refractivity contribution < 1.29 is 0 Å². The maximum Gasteiger partial charge on any atom is 0.258 e. The maximum absolute atomic E-state index is 12.1. The van der Waals surface area contributed by atoms with Crippen LogP contribution in [0.3, 0.4) is 0 Å². The lowest BCUT2D eigenvalue weighted by molar-refractivity contribution is 0.815. The molecule has 0 unspecified atom stereocenters. The highest BCUT2D eigenvalue weighted by molar-refractivity contribution is 7.99. The lowest BCUT2D eigenvalue weighted by Crippen LogP contribution is -2.14. The fourth-order valence-electron chi connectivity index (χ4n) is 1.94. The van der Waals surface area contributed by atoms with E-state index in [1.165, 1.54) is 16.4 Å². The van der Waals surface area contributed by atoms with Gasteiger partial charge in [0, 0.05) is 0 Å². The van der Waals surface area contributed by atoms with Crippen molar-refractivity contribution in [3.8, 4) is 0 Å². The molecule has 0 fully saturated rings. The zero-order valence-corrected chi connectivity index (χ0v) is 12.4. The number of nitrogens with zero attached hydrogens (tertiary/aromatic N) is 4. The molecule has 108 valence electrons. The number of nitrogen functional groups attached to an aromatic ring is 1. The summed E-state index contributed by atoms with van der Waals surface area (Å²) in [6, 6.07) is 7.25. The summed E-state index contributed by atoms with van der Waals surface area (Å²) in [6.45, 7) is 3.71. The molecule has 2 heterocycles. The van der Waals surface area contributed by atoms with E-state index in [-0.39, 0.29) is 10.8 Å². The van der Waals surface area contributed by atoms with Gasteiger partial charge in [0.15, 0.2) is 0 Å². The van der Waals surface area contributed by atoms with Gasteiger partial charge in [0.25, 0.3) is 5.56 Å². The first-order chi connectivity index (χ1) is 10.1. The van der Waals surface area contributed by atoms with E-state index in [9.17, 15) is 4.79 Å². The van der Waals surface area contributed by atoms with Crippen LogP contribution in [0.1, 0.15) is 23.8 Å². The normalized spacial score (nSPS) is 12.7. The number of fused-ring (bicyclic) bond motifs is 1. The fourth-order valence-corrected chi connectivity index (χ4v) is 2.81. The Kier molecular flexibility index (Phi) is 3.38. The third-order valence-electron chi connectivity index (χ3n) is 3.13. The first kappa shape index (κ1) is 13.6. The van der Waals surface area contributed by atoms with Crippen molar-refractivity contribution in [3.63, 3.8) is 0 Å². The van der Waals surface area contributed by atoms with Crippen molar-refractivity contribution in [2.24, 2.45) is 0 Å². The van der Waals surface area contributed by atoms with Gasteiger partial charge in [-0.2, -0.15) is 0 Å². The van der Waals surface area contributed by atoms with E-state index in [0.29, 0.717) is 27.7 Å². The van der Waals surface area contributed by atoms with Crippen molar-refractivity contribution >= 4 is 22.7 Å². The van der Waals surface area contributed by atoms with Crippen molar-refractivity contribution in [1.82, 2.24) is 24.8 Å². The van der Waals surface area contributed by atoms with E-state index in [1.807, 2.05) is 25.1 Å². The third-order valence-corrected chi connectivity index (χ3v) is 4.20. The predicted octanol–water partition coefficient (Wildman–Crippen LogP) is 1.39. The summed E-state index contributed by atoms with van der Waals surface area (Å²) in [6.07, 6.45) is 0. The number of nitrogens with two attached hydrogens (primary N) is 1. The molecule has 0 aliphatic rings. The van der Waals surface area contributed by atoms with Gasteiger partial charge < -0.3 is 10.8 Å². The molecular formula is C13H14N6OS. The van der Waals surface area contributed by atoms with E-state index in [1.54, 1.807) is 13.0 Å². The molecular weight excluding hydrogens is 288 g/mol. The molecule has 3 aromatic rings. The molecule has 0 aliphatic heterocycles. The van der Waals surface area contributed by atoms with Crippen LogP contribution in [0.4, 0.5) is 0 Å². The number of nitrogens with one attached hydrogen (secondary N) is 1. The van der Waals surface area contributed by atoms with Crippen LogP contribution in [0.15, 0.2) is 34.2 Å². The Hall–Kier alpha value is -2.35. The number of thioether (sulfide) groups is 1. The summed E-state index contributed by atoms with van der Waals surface area (Å²) in [5.41, 5.74) is 0.530. The fraction of sp³-hybridized carbons (Fsp3) is 0.231. The average molecular weight is 302 g/mol. The van der Waals surface area contributed by atoms with Crippen LogP contribution in [0.5, 0.6) is 0 Å². The zero-order valence-electron chi connectivity index (χ0n) is 11.6. The van der Waals surface area contributed by atoms with E-state index in [4.69, 9.17) is 5.84 Å². The van der Waals surface area contributed by atoms with Crippen LogP contribution in [0.25, 0.3) is 10.9 Å². The zero-order chi connectivity index (χ0) is 15.0. The Labute approximate surface area is 124 Å². The Morgan fingerprint density at radius 3 is 2.81 bits per heavy atom. The Balaban J connectivity index is 1.96. The SMILES string of the molecule is Cc1nnc(S[C@@H](C)c2nc3ccccc3c(=O)[nH]2)n1N. The second kappa shape index (κ2) is 5.21. The van der Waals surface area contributed by atoms with E-state index < -0.39 is 0 Å². The largest absolute Gasteiger partial charge is 0.336 e. The molecule has 0 saturated heterocycles. The number of aromatic nitrogens is 5. The topological polar surface area (TPSA) is 102 Å². The van der Waals surface area contributed by atoms with Crippen molar-refractivity contribution in [2.45, 2.75) is 24.3 Å². The third kappa shape index (κ3) is 2.49. The van der Waals surface area contributed by atoms with Gasteiger partial charge >= 0.3 is 0 Å². The van der Waals surface area contributed by atoms with E-state index in [0.717, 1.165) is 0 Å². The van der Waals surface area contributed by atoms with Gasteiger partial charge in [0.05, 0.1) is 16.2 Å². The van der Waals surface area contributed by atoms with Crippen LogP contribution in [-0.2, 0) is 0 Å². The number of aryl methyl sites for hydroxylation is 1. The molecule has 0 saturated carbocycles. The van der Waals surface area contributed by atoms with Gasteiger partial charge in [-0.25, -0.2) is 9.66 Å². The number of para-hydroxylation sites is 1. The van der Waals surface area contributed by atoms with Gasteiger partial charge in [-0.15, -0.1) is 10.2 Å². The molecule has 3 N–H and O–H groups in total. The monoisotopic (exact) mass is 302 g/mol. The number of H-pyrrole nitrogens is 1. The van der Waals surface area contributed by atoms with Gasteiger partial charge in [-0.3, -0.25) is 4.79 Å². The highest BCUT2D eigenvalue weighted by atomic mass is 32.2. The number of hydrogen-bond donors (Lipinski definition) is 2. The molecule has 21 heavy (non-hydrogen) atoms. The highest BCUT2D eigenvalue weighted by Gasteiger charge is 2.16. The number of rotatable bonds is 3. The maximum atomic E-state index is 12.1. The van der Waals surface area contributed by atoms with Crippen LogP contribution < -0.4 is 11.4 Å². The van der Waals surface area contributed by atoms with E-state index in [2.05, 4.69) is 20.2 Å². The minimum absolute atomic E-state index is 0.104.